The van der Waals surface area contributed by atoms with E-state index >= 15 is 0 Å². The Morgan fingerprint density at radius 3 is 2.37 bits per heavy atom. The minimum atomic E-state index is -0.987. The van der Waals surface area contributed by atoms with Crippen molar-refractivity contribution in [2.75, 3.05) is 39.5 Å². The van der Waals surface area contributed by atoms with Crippen molar-refractivity contribution < 1.29 is 33.1 Å². The van der Waals surface area contributed by atoms with Crippen LogP contribution in [0.15, 0.2) is 22.8 Å². The summed E-state index contributed by atoms with van der Waals surface area (Å²) < 4.78 is 16.1. The number of furan rings is 1. The van der Waals surface area contributed by atoms with Crippen LogP contribution in [0.3, 0.4) is 0 Å². The second kappa shape index (κ2) is 12.9. The molecular weight excluding hydrogens is 492 g/mol. The highest BCUT2D eigenvalue weighted by atomic mass is 16.6. The van der Waals surface area contributed by atoms with Gasteiger partial charge in [0, 0.05) is 19.5 Å². The Morgan fingerprint density at radius 1 is 1.05 bits per heavy atom. The van der Waals surface area contributed by atoms with Gasteiger partial charge in [0.25, 0.3) is 0 Å². The van der Waals surface area contributed by atoms with Crippen LogP contribution in [0.4, 0.5) is 0 Å². The number of Topliss-reactive ketones (excluding diaryl/α,β-unsaturated/α-hetero) is 1. The molecule has 3 heterocycles. The van der Waals surface area contributed by atoms with Crippen LogP contribution in [-0.2, 0) is 35.1 Å². The van der Waals surface area contributed by atoms with Gasteiger partial charge < -0.3 is 29.8 Å². The van der Waals surface area contributed by atoms with Gasteiger partial charge in [-0.2, -0.15) is 0 Å². The fourth-order valence-electron chi connectivity index (χ4n) is 5.15. The molecule has 11 nitrogen and oxygen atoms in total. The highest BCUT2D eigenvalue weighted by molar-refractivity contribution is 5.98. The Balaban J connectivity index is 1.38. The van der Waals surface area contributed by atoms with Gasteiger partial charge in [0.1, 0.15) is 23.4 Å². The average Bonchev–Trinajstić information content (AvgIpc) is 3.26. The largest absolute Gasteiger partial charge is 0.469 e. The van der Waals surface area contributed by atoms with Crippen molar-refractivity contribution in [2.45, 2.75) is 76.1 Å². The zero-order valence-electron chi connectivity index (χ0n) is 22.3. The van der Waals surface area contributed by atoms with Crippen LogP contribution in [0.2, 0.25) is 0 Å². The average molecular weight is 533 g/mol. The van der Waals surface area contributed by atoms with Crippen LogP contribution in [0.25, 0.3) is 0 Å². The molecule has 1 aromatic rings. The Hall–Kier alpha value is -2.76. The molecule has 2 aliphatic heterocycles. The van der Waals surface area contributed by atoms with Crippen molar-refractivity contribution in [2.24, 2.45) is 5.92 Å². The predicted molar refractivity (Wildman–Crippen MR) is 137 cm³/mol. The lowest BCUT2D eigenvalue weighted by Gasteiger charge is -2.27. The van der Waals surface area contributed by atoms with Crippen molar-refractivity contribution in [3.63, 3.8) is 0 Å². The van der Waals surface area contributed by atoms with Crippen LogP contribution < -0.4 is 16.0 Å². The number of carbonyl (C=O) groups is 4. The number of nitrogens with zero attached hydrogens (tertiary/aromatic N) is 1. The van der Waals surface area contributed by atoms with E-state index in [-0.39, 0.29) is 24.7 Å². The smallest absolute Gasteiger partial charge is 0.243 e. The summed E-state index contributed by atoms with van der Waals surface area (Å²) in [4.78, 5) is 54.1. The number of epoxide rings is 1. The number of hydrogen-bond acceptors (Lipinski definition) is 8. The quantitative estimate of drug-likeness (QED) is 0.313. The minimum absolute atomic E-state index is 0.108. The van der Waals surface area contributed by atoms with Crippen molar-refractivity contribution in [3.05, 3.63) is 24.2 Å². The Morgan fingerprint density at radius 2 is 1.74 bits per heavy atom. The third-order valence-electron chi connectivity index (χ3n) is 7.64. The number of ketones is 1. The van der Waals surface area contributed by atoms with E-state index in [1.54, 1.807) is 26.0 Å². The zero-order valence-corrected chi connectivity index (χ0v) is 22.3. The Labute approximate surface area is 223 Å². The Bertz CT molecular complexity index is 966. The first-order valence-corrected chi connectivity index (χ1v) is 13.6. The van der Waals surface area contributed by atoms with Crippen LogP contribution in [-0.4, -0.2) is 91.6 Å². The standard InChI is InChI=1S/C27H40N4O7/c1-18(28-23(32)16-31-9-12-36-13-10-31)25(34)30-22(15-20-8-5-11-37-20)26(35)29-21(14-19-6-3-4-7-19)24(33)27(2)17-38-27/h5,8,11,18-19,21-22H,3-4,6-7,9-10,12-17H2,1-2H3,(H,28,32)(H,29,35)(H,30,34). The summed E-state index contributed by atoms with van der Waals surface area (Å²) in [6.07, 6.45) is 6.48. The maximum atomic E-state index is 13.5. The molecule has 2 saturated heterocycles. The molecule has 210 valence electrons. The zero-order chi connectivity index (χ0) is 27.1. The molecule has 0 aromatic carbocycles. The van der Waals surface area contributed by atoms with E-state index in [0.29, 0.717) is 51.0 Å². The van der Waals surface area contributed by atoms with Crippen LogP contribution in [0.1, 0.15) is 51.7 Å². The predicted octanol–water partition coefficient (Wildman–Crippen LogP) is 0.567. The molecule has 1 aliphatic carbocycles. The van der Waals surface area contributed by atoms with Gasteiger partial charge in [0.05, 0.1) is 38.7 Å². The molecule has 3 aliphatic rings. The van der Waals surface area contributed by atoms with E-state index in [1.165, 1.54) is 6.26 Å². The lowest BCUT2D eigenvalue weighted by molar-refractivity contribution is -0.134. The summed E-state index contributed by atoms with van der Waals surface area (Å²) in [5, 5.41) is 8.37. The molecule has 0 bridgehead atoms. The molecule has 11 heteroatoms. The lowest BCUT2D eigenvalue weighted by Crippen LogP contribution is -2.57. The fourth-order valence-corrected chi connectivity index (χ4v) is 5.15. The van der Waals surface area contributed by atoms with Gasteiger partial charge in [-0.1, -0.05) is 25.7 Å². The van der Waals surface area contributed by atoms with Gasteiger partial charge in [-0.05, 0) is 38.3 Å². The van der Waals surface area contributed by atoms with Crippen molar-refractivity contribution >= 4 is 23.5 Å². The SMILES string of the molecule is CC(NC(=O)CN1CCOCC1)C(=O)NC(Cc1ccco1)C(=O)NC(CC1CCCC1)C(=O)C1(C)CO1. The van der Waals surface area contributed by atoms with Gasteiger partial charge in [0.15, 0.2) is 5.78 Å². The molecule has 4 atom stereocenters. The number of carbonyl (C=O) groups excluding carboxylic acids is 4. The van der Waals surface area contributed by atoms with E-state index in [4.69, 9.17) is 13.9 Å². The first-order chi connectivity index (χ1) is 18.2. The van der Waals surface area contributed by atoms with E-state index < -0.39 is 35.5 Å². The number of nitrogens with one attached hydrogen (secondary N) is 3. The van der Waals surface area contributed by atoms with Crippen LogP contribution in [0, 0.1) is 5.92 Å². The highest BCUT2D eigenvalue weighted by Gasteiger charge is 2.50. The molecule has 4 unspecified atom stereocenters. The first-order valence-electron chi connectivity index (χ1n) is 13.6. The maximum absolute atomic E-state index is 13.5. The second-order valence-electron chi connectivity index (χ2n) is 10.9. The molecule has 3 amide bonds. The van der Waals surface area contributed by atoms with E-state index in [0.717, 1.165) is 25.7 Å². The second-order valence-corrected chi connectivity index (χ2v) is 10.9. The number of rotatable bonds is 13. The molecule has 38 heavy (non-hydrogen) atoms. The topological polar surface area (TPSA) is 143 Å². The first kappa shape index (κ1) is 28.3. The maximum Gasteiger partial charge on any atom is 0.243 e. The number of amides is 3. The van der Waals surface area contributed by atoms with E-state index in [2.05, 4.69) is 16.0 Å². The molecule has 3 fully saturated rings. The third kappa shape index (κ3) is 7.87. The number of morpholine rings is 1. The summed E-state index contributed by atoms with van der Waals surface area (Å²) in [5.41, 5.74) is -0.865. The molecule has 1 saturated carbocycles. The van der Waals surface area contributed by atoms with Gasteiger partial charge in [-0.3, -0.25) is 24.1 Å². The van der Waals surface area contributed by atoms with Gasteiger partial charge in [-0.25, -0.2) is 0 Å². The lowest BCUT2D eigenvalue weighted by atomic mass is 9.90. The van der Waals surface area contributed by atoms with Crippen molar-refractivity contribution in [3.8, 4) is 0 Å². The highest BCUT2D eigenvalue weighted by Crippen LogP contribution is 2.33. The molecule has 0 radical (unpaired) electrons. The molecular formula is C27H40N4O7. The molecule has 1 aromatic heterocycles. The third-order valence-corrected chi connectivity index (χ3v) is 7.64. The van der Waals surface area contributed by atoms with E-state index in [1.807, 2.05) is 4.90 Å². The summed E-state index contributed by atoms with van der Waals surface area (Å²) in [6.45, 7) is 6.29. The monoisotopic (exact) mass is 532 g/mol. The van der Waals surface area contributed by atoms with Gasteiger partial charge >= 0.3 is 0 Å². The van der Waals surface area contributed by atoms with Crippen molar-refractivity contribution in [1.29, 1.82) is 0 Å². The van der Waals surface area contributed by atoms with Crippen molar-refractivity contribution in [1.82, 2.24) is 20.9 Å². The molecule has 4 rings (SSSR count). The summed E-state index contributed by atoms with van der Waals surface area (Å²) in [6, 6.07) is 0.891. The van der Waals surface area contributed by atoms with Gasteiger partial charge in [-0.15, -0.1) is 0 Å². The molecule has 0 spiro atoms. The summed E-state index contributed by atoms with van der Waals surface area (Å²) in [7, 11) is 0. The normalized spacial score (nSPS) is 24.3. The van der Waals surface area contributed by atoms with E-state index in [9.17, 15) is 19.2 Å². The minimum Gasteiger partial charge on any atom is -0.469 e. The number of ether oxygens (including phenoxy) is 2. The fraction of sp³-hybridized carbons (Fsp3) is 0.704. The van der Waals surface area contributed by atoms with Crippen LogP contribution in [0.5, 0.6) is 0 Å². The van der Waals surface area contributed by atoms with Gasteiger partial charge in [0.2, 0.25) is 17.7 Å². The summed E-state index contributed by atoms with van der Waals surface area (Å²) in [5.74, 6) is -0.492. The molecule has 3 N–H and O–H groups in total. The Kier molecular flexibility index (Phi) is 9.56. The summed E-state index contributed by atoms with van der Waals surface area (Å²) >= 11 is 0. The number of hydrogen-bond donors (Lipinski definition) is 3. The van der Waals surface area contributed by atoms with Crippen LogP contribution >= 0.6 is 0 Å².